The molecule has 1 spiro atoms. The number of ether oxygens (including phenoxy) is 1. The molecule has 2 aromatic rings. The molecule has 3 fully saturated rings. The Morgan fingerprint density at radius 1 is 1.35 bits per heavy atom. The fraction of sp³-hybridized carbons (Fsp3) is 0.526. The summed E-state index contributed by atoms with van der Waals surface area (Å²) in [7, 11) is 0. The molecule has 2 bridgehead atoms. The van der Waals surface area contributed by atoms with E-state index >= 15 is 0 Å². The lowest BCUT2D eigenvalue weighted by Gasteiger charge is -2.54. The van der Waals surface area contributed by atoms with Gasteiger partial charge in [-0.1, -0.05) is 40.8 Å². The number of aromatic nitrogens is 2. The van der Waals surface area contributed by atoms with Crippen LogP contribution in [-0.2, 0) is 4.74 Å². The molecule has 6 rings (SSSR count). The highest BCUT2D eigenvalue weighted by Crippen LogP contribution is 2.44. The molecule has 1 aromatic heterocycles. The number of anilines is 1. The van der Waals surface area contributed by atoms with Gasteiger partial charge in [0.2, 0.25) is 5.95 Å². The fourth-order valence-electron chi connectivity index (χ4n) is 4.64. The molecule has 1 N–H and O–H groups in total. The largest absolute Gasteiger partial charge is 0.455 e. The van der Waals surface area contributed by atoms with Gasteiger partial charge in [-0.25, -0.2) is 15.0 Å². The van der Waals surface area contributed by atoms with Crippen LogP contribution in [0.1, 0.15) is 19.3 Å². The summed E-state index contributed by atoms with van der Waals surface area (Å²) in [6, 6.07) is 9.27. The van der Waals surface area contributed by atoms with Crippen LogP contribution in [0.5, 0.6) is 0 Å². The van der Waals surface area contributed by atoms with E-state index in [0.717, 1.165) is 30.0 Å². The third kappa shape index (κ3) is 2.85. The van der Waals surface area contributed by atoms with Crippen molar-refractivity contribution in [3.8, 4) is 0 Å². The Balaban J connectivity index is 1.30. The van der Waals surface area contributed by atoms with E-state index in [4.69, 9.17) is 4.74 Å². The van der Waals surface area contributed by atoms with E-state index in [9.17, 15) is 0 Å². The van der Waals surface area contributed by atoms with Crippen LogP contribution in [0, 0.1) is 5.92 Å². The van der Waals surface area contributed by atoms with Gasteiger partial charge in [0.25, 0.3) is 6.02 Å². The van der Waals surface area contributed by atoms with E-state index in [2.05, 4.69) is 47.8 Å². The second-order valence-electron chi connectivity index (χ2n) is 7.49. The van der Waals surface area contributed by atoms with Crippen LogP contribution in [0.3, 0.4) is 0 Å². The minimum absolute atomic E-state index is 0.154. The summed E-state index contributed by atoms with van der Waals surface area (Å²) in [6.07, 6.45) is 5.56. The maximum Gasteiger partial charge on any atom is 0.292 e. The van der Waals surface area contributed by atoms with Crippen molar-refractivity contribution >= 4 is 45.5 Å². The summed E-state index contributed by atoms with van der Waals surface area (Å²) in [5.74, 6) is 1.14. The summed E-state index contributed by atoms with van der Waals surface area (Å²) in [5, 5.41) is 4.22. The van der Waals surface area contributed by atoms with Crippen molar-refractivity contribution in [1.82, 2.24) is 14.9 Å². The van der Waals surface area contributed by atoms with Gasteiger partial charge >= 0.3 is 0 Å². The molecule has 4 aliphatic rings. The van der Waals surface area contributed by atoms with Crippen molar-refractivity contribution in [2.24, 2.45) is 10.9 Å². The number of para-hydroxylation sites is 1. The SMILES string of the molecule is ICCC1CC2CCN1C[C@@]21CN=C(Nc2ncc3ccccc3n2)O1. The summed E-state index contributed by atoms with van der Waals surface area (Å²) in [6.45, 7) is 2.93. The van der Waals surface area contributed by atoms with E-state index in [-0.39, 0.29) is 5.60 Å². The molecule has 0 amide bonds. The van der Waals surface area contributed by atoms with E-state index in [1.165, 1.54) is 30.2 Å². The number of fused-ring (bicyclic) bond motifs is 3. The van der Waals surface area contributed by atoms with Crippen molar-refractivity contribution in [2.75, 3.05) is 29.4 Å². The van der Waals surface area contributed by atoms with Crippen LogP contribution in [0.25, 0.3) is 10.9 Å². The molecule has 0 saturated carbocycles. The molecule has 3 saturated heterocycles. The van der Waals surface area contributed by atoms with Gasteiger partial charge in [0.05, 0.1) is 12.1 Å². The molecule has 136 valence electrons. The number of halogens is 1. The number of hydrogen-bond donors (Lipinski definition) is 1. The standard InChI is InChI=1S/C19H22IN5O/c20-7-5-15-9-14-6-8-25(15)12-19(14)11-22-18(26-19)24-17-21-10-13-3-1-2-4-16(13)23-17/h1-4,10,14-15H,5-9,11-12H2,(H,21,22,23,24)/t14?,15?,19-/m0/s1. The molecule has 26 heavy (non-hydrogen) atoms. The zero-order valence-electron chi connectivity index (χ0n) is 14.6. The smallest absolute Gasteiger partial charge is 0.292 e. The van der Waals surface area contributed by atoms with Crippen molar-refractivity contribution in [3.05, 3.63) is 30.5 Å². The van der Waals surface area contributed by atoms with E-state index < -0.39 is 0 Å². The molecule has 0 radical (unpaired) electrons. The van der Waals surface area contributed by atoms with Crippen molar-refractivity contribution in [2.45, 2.75) is 30.9 Å². The number of benzene rings is 1. The molecule has 3 unspecified atom stereocenters. The Kier molecular flexibility index (Phi) is 4.23. The number of alkyl halides is 1. The molecule has 5 heterocycles. The summed E-state index contributed by atoms with van der Waals surface area (Å²) >= 11 is 2.49. The monoisotopic (exact) mass is 463 g/mol. The minimum Gasteiger partial charge on any atom is -0.455 e. The second-order valence-corrected chi connectivity index (χ2v) is 8.57. The lowest BCUT2D eigenvalue weighted by atomic mass is 9.72. The number of amidine groups is 1. The molecular weight excluding hydrogens is 441 g/mol. The third-order valence-corrected chi connectivity index (χ3v) is 6.62. The molecule has 1 aromatic carbocycles. The highest BCUT2D eigenvalue weighted by Gasteiger charge is 2.54. The molecule has 0 aliphatic carbocycles. The average Bonchev–Trinajstić information content (AvgIpc) is 3.05. The third-order valence-electron chi connectivity index (χ3n) is 5.99. The van der Waals surface area contributed by atoms with Gasteiger partial charge in [-0.3, -0.25) is 10.2 Å². The predicted octanol–water partition coefficient (Wildman–Crippen LogP) is 3.09. The Labute approximate surface area is 166 Å². The number of piperidine rings is 3. The maximum absolute atomic E-state index is 6.38. The normalized spacial score (nSPS) is 32.7. The zero-order valence-corrected chi connectivity index (χ0v) is 16.7. The van der Waals surface area contributed by atoms with Gasteiger partial charge < -0.3 is 4.74 Å². The zero-order chi connectivity index (χ0) is 17.6. The number of hydrogen-bond acceptors (Lipinski definition) is 6. The summed E-state index contributed by atoms with van der Waals surface area (Å²) < 4.78 is 7.61. The topological polar surface area (TPSA) is 62.6 Å². The van der Waals surface area contributed by atoms with Gasteiger partial charge in [-0.15, -0.1) is 0 Å². The van der Waals surface area contributed by atoms with E-state index in [1.807, 2.05) is 30.5 Å². The highest BCUT2D eigenvalue weighted by molar-refractivity contribution is 14.1. The van der Waals surface area contributed by atoms with E-state index in [1.54, 1.807) is 0 Å². The van der Waals surface area contributed by atoms with Gasteiger partial charge in [0.1, 0.15) is 5.60 Å². The molecule has 4 aliphatic heterocycles. The Morgan fingerprint density at radius 2 is 2.27 bits per heavy atom. The van der Waals surface area contributed by atoms with Crippen LogP contribution in [-0.4, -0.2) is 56.6 Å². The first-order valence-electron chi connectivity index (χ1n) is 9.28. The number of aliphatic imine (C=N–C) groups is 1. The summed E-state index contributed by atoms with van der Waals surface area (Å²) in [5.41, 5.74) is 0.766. The Hall–Kier alpha value is -1.48. The molecule has 7 heteroatoms. The summed E-state index contributed by atoms with van der Waals surface area (Å²) in [4.78, 5) is 16.2. The lowest BCUT2D eigenvalue weighted by molar-refractivity contribution is -0.108. The maximum atomic E-state index is 6.38. The predicted molar refractivity (Wildman–Crippen MR) is 111 cm³/mol. The fourth-order valence-corrected chi connectivity index (χ4v) is 5.35. The van der Waals surface area contributed by atoms with Crippen LogP contribution in [0.2, 0.25) is 0 Å². The van der Waals surface area contributed by atoms with Crippen LogP contribution >= 0.6 is 22.6 Å². The average molecular weight is 463 g/mol. The number of nitrogens with zero attached hydrogens (tertiary/aromatic N) is 4. The Bertz CT molecular complexity index is 859. The van der Waals surface area contributed by atoms with Gasteiger partial charge in [-0.05, 0) is 31.9 Å². The van der Waals surface area contributed by atoms with Crippen molar-refractivity contribution < 1.29 is 4.74 Å². The number of rotatable bonds is 3. The van der Waals surface area contributed by atoms with E-state index in [0.29, 0.717) is 17.9 Å². The van der Waals surface area contributed by atoms with Crippen LogP contribution < -0.4 is 5.32 Å². The lowest BCUT2D eigenvalue weighted by Crippen LogP contribution is -2.64. The molecule has 6 nitrogen and oxygen atoms in total. The van der Waals surface area contributed by atoms with Crippen molar-refractivity contribution in [3.63, 3.8) is 0 Å². The highest BCUT2D eigenvalue weighted by atomic mass is 127. The van der Waals surface area contributed by atoms with Gasteiger partial charge in [-0.2, -0.15) is 0 Å². The first kappa shape index (κ1) is 16.7. The van der Waals surface area contributed by atoms with Gasteiger partial charge in [0.15, 0.2) is 0 Å². The van der Waals surface area contributed by atoms with Gasteiger partial charge in [0, 0.05) is 34.5 Å². The van der Waals surface area contributed by atoms with Crippen molar-refractivity contribution in [1.29, 1.82) is 0 Å². The first-order valence-corrected chi connectivity index (χ1v) is 10.8. The quantitative estimate of drug-likeness (QED) is 0.560. The second kappa shape index (κ2) is 6.60. The Morgan fingerprint density at radius 3 is 3.12 bits per heavy atom. The first-order chi connectivity index (χ1) is 12.8. The molecule has 4 atom stereocenters. The van der Waals surface area contributed by atoms with Crippen LogP contribution in [0.4, 0.5) is 5.95 Å². The van der Waals surface area contributed by atoms with Crippen LogP contribution in [0.15, 0.2) is 35.5 Å². The minimum atomic E-state index is -0.154. The number of nitrogens with one attached hydrogen (secondary N) is 1. The molecular formula is C19H22IN5O.